The number of aromatic nitrogens is 1. The first-order valence-electron chi connectivity index (χ1n) is 6.60. The Labute approximate surface area is 128 Å². The monoisotopic (exact) mass is 298 g/mol. The van der Waals surface area contributed by atoms with Crippen molar-refractivity contribution in [3.8, 4) is 5.75 Å². The van der Waals surface area contributed by atoms with Gasteiger partial charge in [0, 0.05) is 18.3 Å². The lowest BCUT2D eigenvalue weighted by Crippen LogP contribution is -2.27. The lowest BCUT2D eigenvalue weighted by Gasteiger charge is -2.17. The SMILES string of the molecule is S=C(N/N=C1/CCOc2cccnc21)Nc1ccccc1. The molecule has 2 N–H and O–H groups in total. The van der Waals surface area contributed by atoms with E-state index in [1.165, 1.54) is 0 Å². The number of nitrogens with zero attached hydrogens (tertiary/aromatic N) is 2. The van der Waals surface area contributed by atoms with Crippen molar-refractivity contribution >= 4 is 28.7 Å². The smallest absolute Gasteiger partial charge is 0.191 e. The van der Waals surface area contributed by atoms with E-state index in [0.29, 0.717) is 18.1 Å². The summed E-state index contributed by atoms with van der Waals surface area (Å²) in [5, 5.41) is 7.85. The molecule has 6 heteroatoms. The Hall–Kier alpha value is -2.47. The molecule has 0 radical (unpaired) electrons. The fraction of sp³-hybridized carbons (Fsp3) is 0.133. The summed E-state index contributed by atoms with van der Waals surface area (Å²) in [6, 6.07) is 13.4. The van der Waals surface area contributed by atoms with Gasteiger partial charge >= 0.3 is 0 Å². The van der Waals surface area contributed by atoms with Crippen LogP contribution >= 0.6 is 12.2 Å². The zero-order valence-corrected chi connectivity index (χ0v) is 12.1. The number of anilines is 1. The van der Waals surface area contributed by atoms with Crippen LogP contribution in [0.4, 0.5) is 5.69 Å². The highest BCUT2D eigenvalue weighted by molar-refractivity contribution is 7.80. The van der Waals surface area contributed by atoms with Gasteiger partial charge < -0.3 is 10.1 Å². The number of fused-ring (bicyclic) bond motifs is 1. The topological polar surface area (TPSA) is 58.5 Å². The predicted octanol–water partition coefficient (Wildman–Crippen LogP) is 2.55. The molecule has 1 aromatic carbocycles. The Bertz CT molecular complexity index is 672. The quantitative estimate of drug-likeness (QED) is 0.659. The van der Waals surface area contributed by atoms with Crippen LogP contribution in [0.25, 0.3) is 0 Å². The number of pyridine rings is 1. The molecule has 21 heavy (non-hydrogen) atoms. The van der Waals surface area contributed by atoms with Crippen molar-refractivity contribution in [1.29, 1.82) is 0 Å². The molecule has 106 valence electrons. The Morgan fingerprint density at radius 3 is 2.90 bits per heavy atom. The Morgan fingerprint density at radius 2 is 2.05 bits per heavy atom. The van der Waals surface area contributed by atoms with Crippen LogP contribution in [-0.4, -0.2) is 22.4 Å². The molecule has 0 fully saturated rings. The van der Waals surface area contributed by atoms with E-state index in [1.54, 1.807) is 6.20 Å². The van der Waals surface area contributed by atoms with Crippen LogP contribution in [-0.2, 0) is 0 Å². The minimum Gasteiger partial charge on any atom is -0.491 e. The van der Waals surface area contributed by atoms with Crippen molar-refractivity contribution in [2.24, 2.45) is 5.10 Å². The van der Waals surface area contributed by atoms with E-state index in [4.69, 9.17) is 17.0 Å². The lowest BCUT2D eigenvalue weighted by molar-refractivity contribution is 0.318. The molecule has 5 nitrogen and oxygen atoms in total. The van der Waals surface area contributed by atoms with Gasteiger partial charge in [0.15, 0.2) is 5.11 Å². The molecule has 0 saturated heterocycles. The van der Waals surface area contributed by atoms with Crippen molar-refractivity contribution in [3.63, 3.8) is 0 Å². The van der Waals surface area contributed by atoms with E-state index in [9.17, 15) is 0 Å². The normalized spacial score (nSPS) is 15.0. The van der Waals surface area contributed by atoms with E-state index < -0.39 is 0 Å². The van der Waals surface area contributed by atoms with Gasteiger partial charge in [0.2, 0.25) is 0 Å². The van der Waals surface area contributed by atoms with Crippen molar-refractivity contribution in [1.82, 2.24) is 10.4 Å². The van der Waals surface area contributed by atoms with Crippen molar-refractivity contribution in [3.05, 3.63) is 54.4 Å². The molecule has 0 unspecified atom stereocenters. The van der Waals surface area contributed by atoms with Gasteiger partial charge in [-0.2, -0.15) is 5.10 Å². The Morgan fingerprint density at radius 1 is 1.19 bits per heavy atom. The summed E-state index contributed by atoms with van der Waals surface area (Å²) in [7, 11) is 0. The van der Waals surface area contributed by atoms with Crippen LogP contribution in [0.2, 0.25) is 0 Å². The molecule has 0 spiro atoms. The average Bonchev–Trinajstić information content (AvgIpc) is 2.54. The van der Waals surface area contributed by atoms with Crippen molar-refractivity contribution in [2.45, 2.75) is 6.42 Å². The first-order chi connectivity index (χ1) is 10.3. The molecule has 3 rings (SSSR count). The number of para-hydroxylation sites is 1. The lowest BCUT2D eigenvalue weighted by atomic mass is 10.1. The van der Waals surface area contributed by atoms with Crippen LogP contribution < -0.4 is 15.5 Å². The summed E-state index contributed by atoms with van der Waals surface area (Å²) in [5.74, 6) is 0.756. The molecular weight excluding hydrogens is 284 g/mol. The first-order valence-corrected chi connectivity index (χ1v) is 7.00. The number of thiocarbonyl (C=S) groups is 1. The van der Waals surface area contributed by atoms with Gasteiger partial charge in [-0.3, -0.25) is 10.4 Å². The number of hydrazone groups is 1. The van der Waals surface area contributed by atoms with Crippen LogP contribution in [0.1, 0.15) is 12.1 Å². The highest BCUT2D eigenvalue weighted by Gasteiger charge is 2.17. The number of hydrogen-bond acceptors (Lipinski definition) is 4. The highest BCUT2D eigenvalue weighted by Crippen LogP contribution is 2.21. The second-order valence-corrected chi connectivity index (χ2v) is 4.85. The molecular formula is C15H14N4OS. The van der Waals surface area contributed by atoms with Gasteiger partial charge in [-0.1, -0.05) is 18.2 Å². The molecule has 1 aromatic heterocycles. The van der Waals surface area contributed by atoms with Gasteiger partial charge in [0.05, 0.1) is 12.3 Å². The molecule has 2 aromatic rings. The van der Waals surface area contributed by atoms with Crippen molar-refractivity contribution < 1.29 is 4.74 Å². The molecule has 1 aliphatic rings. The molecule has 0 amide bonds. The third-order valence-electron chi connectivity index (χ3n) is 2.96. The largest absolute Gasteiger partial charge is 0.491 e. The summed E-state index contributed by atoms with van der Waals surface area (Å²) in [4.78, 5) is 4.30. The van der Waals surface area contributed by atoms with Crippen LogP contribution in [0.5, 0.6) is 5.75 Å². The fourth-order valence-electron chi connectivity index (χ4n) is 2.01. The maximum absolute atomic E-state index is 5.54. The second-order valence-electron chi connectivity index (χ2n) is 4.44. The van der Waals surface area contributed by atoms with E-state index in [2.05, 4.69) is 20.8 Å². The zero-order valence-electron chi connectivity index (χ0n) is 11.2. The summed E-state index contributed by atoms with van der Waals surface area (Å²) in [6.07, 6.45) is 2.43. The molecule has 0 atom stereocenters. The maximum atomic E-state index is 5.54. The van der Waals surface area contributed by atoms with Crippen molar-refractivity contribution in [2.75, 3.05) is 11.9 Å². The van der Waals surface area contributed by atoms with E-state index >= 15 is 0 Å². The van der Waals surface area contributed by atoms with Gasteiger partial charge in [-0.25, -0.2) is 0 Å². The van der Waals surface area contributed by atoms with E-state index in [0.717, 1.165) is 22.8 Å². The molecule has 2 heterocycles. The van der Waals surface area contributed by atoms with Crippen LogP contribution in [0.15, 0.2) is 53.8 Å². The van der Waals surface area contributed by atoms with Gasteiger partial charge in [0.25, 0.3) is 0 Å². The third kappa shape index (κ3) is 3.35. The minimum atomic E-state index is 0.442. The molecule has 0 bridgehead atoms. The third-order valence-corrected chi connectivity index (χ3v) is 3.16. The zero-order chi connectivity index (χ0) is 14.5. The summed E-state index contributed by atoms with van der Waals surface area (Å²) >= 11 is 5.22. The number of ether oxygens (including phenoxy) is 1. The number of rotatable bonds is 2. The molecule has 1 aliphatic heterocycles. The molecule has 0 saturated carbocycles. The summed E-state index contributed by atoms with van der Waals surface area (Å²) in [6.45, 7) is 0.595. The maximum Gasteiger partial charge on any atom is 0.191 e. The van der Waals surface area contributed by atoms with Gasteiger partial charge in [0.1, 0.15) is 11.4 Å². The average molecular weight is 298 g/mol. The minimum absolute atomic E-state index is 0.442. The standard InChI is InChI=1S/C15H14N4OS/c21-15(17-11-5-2-1-3-6-11)19-18-12-8-10-20-13-7-4-9-16-14(12)13/h1-7,9H,8,10H2,(H2,17,19,21)/b18-12-. The van der Waals surface area contributed by atoms with Crippen LogP contribution in [0, 0.1) is 0 Å². The highest BCUT2D eigenvalue weighted by atomic mass is 32.1. The first kappa shape index (κ1) is 13.5. The number of benzene rings is 1. The van der Waals surface area contributed by atoms with Gasteiger partial charge in [-0.05, 0) is 36.5 Å². The van der Waals surface area contributed by atoms with Crippen LogP contribution in [0.3, 0.4) is 0 Å². The number of nitrogens with one attached hydrogen (secondary N) is 2. The Kier molecular flexibility index (Phi) is 4.07. The van der Waals surface area contributed by atoms with E-state index in [1.807, 2.05) is 42.5 Å². The van der Waals surface area contributed by atoms with Gasteiger partial charge in [-0.15, -0.1) is 0 Å². The van der Waals surface area contributed by atoms with E-state index in [-0.39, 0.29) is 0 Å². The second kappa shape index (κ2) is 6.32. The fourth-order valence-corrected chi connectivity index (χ4v) is 2.17. The summed E-state index contributed by atoms with van der Waals surface area (Å²) < 4.78 is 5.54. The Balaban J connectivity index is 1.68. The summed E-state index contributed by atoms with van der Waals surface area (Å²) in [5.41, 5.74) is 5.38. The predicted molar refractivity (Wildman–Crippen MR) is 86.7 cm³/mol. The molecule has 0 aliphatic carbocycles. The number of hydrogen-bond donors (Lipinski definition) is 2.